The molecule has 3 N–H and O–H groups in total. The van der Waals surface area contributed by atoms with Crippen LogP contribution in [0.25, 0.3) is 0 Å². The van der Waals surface area contributed by atoms with Crippen molar-refractivity contribution in [2.24, 2.45) is 11.1 Å². The molecule has 15 heavy (non-hydrogen) atoms. The number of para-hydroxylation sites is 1. The van der Waals surface area contributed by atoms with Crippen LogP contribution >= 0.6 is 12.2 Å². The fourth-order valence-electron chi connectivity index (χ4n) is 1.55. The summed E-state index contributed by atoms with van der Waals surface area (Å²) in [5.74, 6) is 0. The number of hydrogen-bond donors (Lipinski definition) is 2. The Labute approximate surface area is 95.9 Å². The van der Waals surface area contributed by atoms with Gasteiger partial charge < -0.3 is 11.1 Å². The van der Waals surface area contributed by atoms with Gasteiger partial charge in [0.05, 0.1) is 0 Å². The predicted molar refractivity (Wildman–Crippen MR) is 68.2 cm³/mol. The SMILES string of the molecule is CC1(CNc2ccccc2C(N)=S)CC1. The Morgan fingerprint density at radius 3 is 2.73 bits per heavy atom. The van der Waals surface area contributed by atoms with E-state index >= 15 is 0 Å². The van der Waals surface area contributed by atoms with Crippen LogP contribution in [0.15, 0.2) is 24.3 Å². The monoisotopic (exact) mass is 220 g/mol. The van der Waals surface area contributed by atoms with Crippen LogP contribution < -0.4 is 11.1 Å². The molecule has 1 aliphatic carbocycles. The molecule has 0 bridgehead atoms. The Kier molecular flexibility index (Phi) is 2.65. The molecule has 0 amide bonds. The van der Waals surface area contributed by atoms with Crippen molar-refractivity contribution in [3.05, 3.63) is 29.8 Å². The number of benzene rings is 1. The van der Waals surface area contributed by atoms with Crippen LogP contribution in [-0.4, -0.2) is 11.5 Å². The minimum absolute atomic E-state index is 0.457. The molecule has 0 radical (unpaired) electrons. The molecular weight excluding hydrogens is 204 g/mol. The minimum Gasteiger partial charge on any atom is -0.389 e. The van der Waals surface area contributed by atoms with E-state index in [4.69, 9.17) is 18.0 Å². The quantitative estimate of drug-likeness (QED) is 0.766. The fourth-order valence-corrected chi connectivity index (χ4v) is 1.73. The fraction of sp³-hybridized carbons (Fsp3) is 0.417. The van der Waals surface area contributed by atoms with Gasteiger partial charge in [-0.2, -0.15) is 0 Å². The molecule has 0 spiro atoms. The van der Waals surface area contributed by atoms with E-state index in [0.29, 0.717) is 10.4 Å². The Balaban J connectivity index is 2.09. The number of hydrogen-bond acceptors (Lipinski definition) is 2. The predicted octanol–water partition coefficient (Wildman–Crippen LogP) is 2.53. The lowest BCUT2D eigenvalue weighted by Crippen LogP contribution is -2.17. The molecule has 1 aromatic rings. The van der Waals surface area contributed by atoms with Gasteiger partial charge in [-0.25, -0.2) is 0 Å². The molecule has 0 aromatic heterocycles. The van der Waals surface area contributed by atoms with Gasteiger partial charge in [0.15, 0.2) is 0 Å². The zero-order chi connectivity index (χ0) is 10.9. The number of anilines is 1. The molecule has 1 saturated carbocycles. The molecule has 2 rings (SSSR count). The molecule has 1 aromatic carbocycles. The van der Waals surface area contributed by atoms with E-state index in [2.05, 4.69) is 12.2 Å². The van der Waals surface area contributed by atoms with E-state index in [1.807, 2.05) is 24.3 Å². The summed E-state index contributed by atoms with van der Waals surface area (Å²) in [7, 11) is 0. The second-order valence-electron chi connectivity index (χ2n) is 4.57. The summed E-state index contributed by atoms with van der Waals surface area (Å²) < 4.78 is 0. The van der Waals surface area contributed by atoms with Crippen molar-refractivity contribution >= 4 is 22.9 Å². The summed E-state index contributed by atoms with van der Waals surface area (Å²) in [6.45, 7) is 3.30. The van der Waals surface area contributed by atoms with Crippen LogP contribution in [0, 0.1) is 5.41 Å². The van der Waals surface area contributed by atoms with E-state index in [1.54, 1.807) is 0 Å². The van der Waals surface area contributed by atoms with Crippen LogP contribution in [0.4, 0.5) is 5.69 Å². The molecule has 0 heterocycles. The summed E-state index contributed by atoms with van der Waals surface area (Å²) in [5, 5.41) is 3.43. The third kappa shape index (κ3) is 2.48. The first-order chi connectivity index (χ1) is 7.11. The highest BCUT2D eigenvalue weighted by atomic mass is 32.1. The lowest BCUT2D eigenvalue weighted by atomic mass is 10.1. The van der Waals surface area contributed by atoms with Crippen molar-refractivity contribution in [2.75, 3.05) is 11.9 Å². The molecule has 3 heteroatoms. The van der Waals surface area contributed by atoms with Gasteiger partial charge in [0.1, 0.15) is 4.99 Å². The summed E-state index contributed by atoms with van der Waals surface area (Å²) in [5.41, 5.74) is 8.15. The van der Waals surface area contributed by atoms with Crippen molar-refractivity contribution in [1.82, 2.24) is 0 Å². The number of nitrogens with one attached hydrogen (secondary N) is 1. The summed E-state index contributed by atoms with van der Waals surface area (Å²) in [6.07, 6.45) is 2.63. The Morgan fingerprint density at radius 2 is 2.13 bits per heavy atom. The highest BCUT2D eigenvalue weighted by Gasteiger charge is 2.36. The first-order valence-corrected chi connectivity index (χ1v) is 5.64. The van der Waals surface area contributed by atoms with Crippen molar-refractivity contribution < 1.29 is 0 Å². The maximum Gasteiger partial charge on any atom is 0.106 e. The van der Waals surface area contributed by atoms with Crippen LogP contribution in [0.5, 0.6) is 0 Å². The van der Waals surface area contributed by atoms with E-state index in [0.717, 1.165) is 17.8 Å². The number of rotatable bonds is 4. The van der Waals surface area contributed by atoms with Gasteiger partial charge in [0.2, 0.25) is 0 Å². The zero-order valence-electron chi connectivity index (χ0n) is 8.92. The smallest absolute Gasteiger partial charge is 0.106 e. The van der Waals surface area contributed by atoms with Crippen LogP contribution in [0.2, 0.25) is 0 Å². The lowest BCUT2D eigenvalue weighted by Gasteiger charge is -2.14. The molecule has 0 aliphatic heterocycles. The van der Waals surface area contributed by atoms with Gasteiger partial charge in [-0.3, -0.25) is 0 Å². The van der Waals surface area contributed by atoms with Gasteiger partial charge in [0, 0.05) is 17.8 Å². The lowest BCUT2D eigenvalue weighted by molar-refractivity contribution is 0.611. The third-order valence-electron chi connectivity index (χ3n) is 3.00. The summed E-state index contributed by atoms with van der Waals surface area (Å²) in [4.78, 5) is 0.457. The molecular formula is C12H16N2S. The van der Waals surface area contributed by atoms with Gasteiger partial charge in [-0.15, -0.1) is 0 Å². The van der Waals surface area contributed by atoms with Gasteiger partial charge in [-0.1, -0.05) is 31.3 Å². The Bertz CT molecular complexity index is 383. The van der Waals surface area contributed by atoms with Gasteiger partial charge in [-0.05, 0) is 30.4 Å². The van der Waals surface area contributed by atoms with Crippen LogP contribution in [-0.2, 0) is 0 Å². The van der Waals surface area contributed by atoms with E-state index < -0.39 is 0 Å². The van der Waals surface area contributed by atoms with Crippen molar-refractivity contribution in [1.29, 1.82) is 0 Å². The molecule has 0 atom stereocenters. The average molecular weight is 220 g/mol. The van der Waals surface area contributed by atoms with E-state index in [9.17, 15) is 0 Å². The maximum absolute atomic E-state index is 5.66. The Morgan fingerprint density at radius 1 is 1.47 bits per heavy atom. The van der Waals surface area contributed by atoms with Crippen LogP contribution in [0.1, 0.15) is 25.3 Å². The van der Waals surface area contributed by atoms with E-state index in [-0.39, 0.29) is 0 Å². The number of nitrogens with two attached hydrogens (primary N) is 1. The molecule has 1 fully saturated rings. The highest BCUT2D eigenvalue weighted by Crippen LogP contribution is 2.44. The maximum atomic E-state index is 5.66. The summed E-state index contributed by atoms with van der Waals surface area (Å²) in [6, 6.07) is 7.94. The van der Waals surface area contributed by atoms with E-state index in [1.165, 1.54) is 12.8 Å². The highest BCUT2D eigenvalue weighted by molar-refractivity contribution is 7.80. The summed E-state index contributed by atoms with van der Waals surface area (Å²) >= 11 is 5.01. The first-order valence-electron chi connectivity index (χ1n) is 5.23. The normalized spacial score (nSPS) is 17.1. The molecule has 2 nitrogen and oxygen atoms in total. The third-order valence-corrected chi connectivity index (χ3v) is 3.22. The standard InChI is InChI=1S/C12H16N2S/c1-12(6-7-12)8-14-10-5-3-2-4-9(10)11(13)15/h2-5,14H,6-8H2,1H3,(H2,13,15). The first kappa shape index (κ1) is 10.4. The molecule has 80 valence electrons. The molecule has 1 aliphatic rings. The minimum atomic E-state index is 0.457. The van der Waals surface area contributed by atoms with Crippen molar-refractivity contribution in [3.8, 4) is 0 Å². The molecule has 0 saturated heterocycles. The van der Waals surface area contributed by atoms with Gasteiger partial charge >= 0.3 is 0 Å². The van der Waals surface area contributed by atoms with Crippen molar-refractivity contribution in [2.45, 2.75) is 19.8 Å². The second kappa shape index (κ2) is 3.81. The molecule has 0 unspecified atom stereocenters. The van der Waals surface area contributed by atoms with Gasteiger partial charge in [0.25, 0.3) is 0 Å². The number of thiocarbonyl (C=S) groups is 1. The Hall–Kier alpha value is -1.09. The zero-order valence-corrected chi connectivity index (χ0v) is 9.73. The average Bonchev–Trinajstić information content (AvgIpc) is 2.95. The van der Waals surface area contributed by atoms with Crippen molar-refractivity contribution in [3.63, 3.8) is 0 Å². The topological polar surface area (TPSA) is 38.0 Å². The largest absolute Gasteiger partial charge is 0.389 e. The van der Waals surface area contributed by atoms with Crippen LogP contribution in [0.3, 0.4) is 0 Å². The second-order valence-corrected chi connectivity index (χ2v) is 5.01.